The number of rotatable bonds is 8. The molecule has 0 aromatic carbocycles. The van der Waals surface area contributed by atoms with Crippen LogP contribution < -0.4 is 5.32 Å². The first-order chi connectivity index (χ1) is 12.7. The number of aromatic nitrogens is 2. The molecule has 1 aromatic heterocycles. The Bertz CT molecular complexity index is 571. The summed E-state index contributed by atoms with van der Waals surface area (Å²) < 4.78 is 5.35. The van der Waals surface area contributed by atoms with Gasteiger partial charge in [0.15, 0.2) is 0 Å². The molecular formula is C18H29N5O3. The largest absolute Gasteiger partial charge is 0.379 e. The van der Waals surface area contributed by atoms with Crippen molar-refractivity contribution in [3.05, 3.63) is 18.0 Å². The van der Waals surface area contributed by atoms with Crippen LogP contribution in [0.1, 0.15) is 24.8 Å². The van der Waals surface area contributed by atoms with E-state index in [0.29, 0.717) is 25.9 Å². The van der Waals surface area contributed by atoms with Crippen LogP contribution in [0.5, 0.6) is 0 Å². The van der Waals surface area contributed by atoms with Gasteiger partial charge in [-0.3, -0.25) is 19.6 Å². The number of hydrogen-bond donors (Lipinski definition) is 2. The van der Waals surface area contributed by atoms with Crippen molar-refractivity contribution in [1.82, 2.24) is 25.3 Å². The number of amides is 2. The summed E-state index contributed by atoms with van der Waals surface area (Å²) in [5.41, 5.74) is 1.08. The first-order valence-electron chi connectivity index (χ1n) is 9.55. The summed E-state index contributed by atoms with van der Waals surface area (Å²) in [5, 5.41) is 9.66. The maximum atomic E-state index is 12.4. The Labute approximate surface area is 154 Å². The van der Waals surface area contributed by atoms with E-state index in [1.165, 1.54) is 0 Å². The van der Waals surface area contributed by atoms with Gasteiger partial charge < -0.3 is 15.0 Å². The third-order valence-corrected chi connectivity index (χ3v) is 5.14. The highest BCUT2D eigenvalue weighted by Gasteiger charge is 2.29. The lowest BCUT2D eigenvalue weighted by molar-refractivity contribution is -0.138. The van der Waals surface area contributed by atoms with E-state index in [4.69, 9.17) is 4.74 Å². The highest BCUT2D eigenvalue weighted by atomic mass is 16.5. The number of carbonyl (C=O) groups is 2. The van der Waals surface area contributed by atoms with Gasteiger partial charge in [0, 0.05) is 51.9 Å². The van der Waals surface area contributed by atoms with Crippen LogP contribution in [0.3, 0.4) is 0 Å². The van der Waals surface area contributed by atoms with Crippen LogP contribution in [0.25, 0.3) is 0 Å². The zero-order valence-electron chi connectivity index (χ0n) is 15.3. The summed E-state index contributed by atoms with van der Waals surface area (Å²) in [5.74, 6) is 0.133. The molecule has 2 aliphatic heterocycles. The maximum Gasteiger partial charge on any atom is 0.224 e. The average Bonchev–Trinajstić information content (AvgIpc) is 3.17. The van der Waals surface area contributed by atoms with Crippen LogP contribution in [0.2, 0.25) is 0 Å². The van der Waals surface area contributed by atoms with Crippen molar-refractivity contribution >= 4 is 11.8 Å². The Balaban J connectivity index is 1.37. The number of nitrogens with zero attached hydrogens (tertiary/aromatic N) is 3. The summed E-state index contributed by atoms with van der Waals surface area (Å²) in [6.45, 7) is 6.38. The van der Waals surface area contributed by atoms with Gasteiger partial charge in [-0.2, -0.15) is 5.10 Å². The van der Waals surface area contributed by atoms with Gasteiger partial charge in [0.05, 0.1) is 25.3 Å². The first kappa shape index (κ1) is 18.8. The van der Waals surface area contributed by atoms with E-state index in [1.807, 2.05) is 11.1 Å². The molecule has 0 saturated carbocycles. The second-order valence-electron chi connectivity index (χ2n) is 7.03. The lowest BCUT2D eigenvalue weighted by Crippen LogP contribution is -2.47. The first-order valence-corrected chi connectivity index (χ1v) is 9.55. The van der Waals surface area contributed by atoms with Crippen LogP contribution >= 0.6 is 0 Å². The minimum Gasteiger partial charge on any atom is -0.379 e. The number of piperidine rings is 1. The van der Waals surface area contributed by atoms with Crippen molar-refractivity contribution in [1.29, 1.82) is 0 Å². The van der Waals surface area contributed by atoms with E-state index in [1.54, 1.807) is 6.20 Å². The molecule has 0 aliphatic carbocycles. The molecule has 0 spiro atoms. The normalized spacial score (nSPS) is 21.8. The van der Waals surface area contributed by atoms with Crippen LogP contribution in [0.4, 0.5) is 0 Å². The van der Waals surface area contributed by atoms with Gasteiger partial charge in [0.1, 0.15) is 0 Å². The van der Waals surface area contributed by atoms with Crippen molar-refractivity contribution in [2.45, 2.75) is 25.7 Å². The molecule has 2 fully saturated rings. The van der Waals surface area contributed by atoms with Gasteiger partial charge in [0.25, 0.3) is 0 Å². The number of hydrogen-bond acceptors (Lipinski definition) is 5. The Hall–Kier alpha value is -1.93. The van der Waals surface area contributed by atoms with E-state index in [-0.39, 0.29) is 17.7 Å². The van der Waals surface area contributed by atoms with E-state index in [2.05, 4.69) is 20.4 Å². The lowest BCUT2D eigenvalue weighted by atomic mass is 9.96. The predicted octanol–water partition coefficient (Wildman–Crippen LogP) is 0.0293. The number of morpholine rings is 1. The Morgan fingerprint density at radius 3 is 2.96 bits per heavy atom. The fraction of sp³-hybridized carbons (Fsp3) is 0.722. The molecule has 0 bridgehead atoms. The Kier molecular flexibility index (Phi) is 7.02. The number of aromatic amines is 1. The van der Waals surface area contributed by atoms with Crippen molar-refractivity contribution < 1.29 is 14.3 Å². The molecule has 1 atom stereocenters. The van der Waals surface area contributed by atoms with Gasteiger partial charge in [-0.1, -0.05) is 0 Å². The monoisotopic (exact) mass is 363 g/mol. The fourth-order valence-electron chi connectivity index (χ4n) is 3.54. The molecule has 8 nitrogen and oxygen atoms in total. The summed E-state index contributed by atoms with van der Waals surface area (Å²) >= 11 is 0. The highest BCUT2D eigenvalue weighted by molar-refractivity contribution is 5.83. The van der Waals surface area contributed by atoms with Gasteiger partial charge >= 0.3 is 0 Å². The van der Waals surface area contributed by atoms with Crippen molar-refractivity contribution in [2.24, 2.45) is 5.92 Å². The molecule has 2 saturated heterocycles. The molecule has 8 heteroatoms. The van der Waals surface area contributed by atoms with Crippen molar-refractivity contribution in [3.8, 4) is 0 Å². The minimum absolute atomic E-state index is 0.0548. The molecule has 26 heavy (non-hydrogen) atoms. The van der Waals surface area contributed by atoms with E-state index < -0.39 is 0 Å². The molecule has 0 unspecified atom stereocenters. The zero-order valence-corrected chi connectivity index (χ0v) is 15.3. The van der Waals surface area contributed by atoms with Gasteiger partial charge in [-0.05, 0) is 24.8 Å². The third kappa shape index (κ3) is 5.54. The molecule has 1 aromatic rings. The quantitative estimate of drug-likeness (QED) is 0.680. The van der Waals surface area contributed by atoms with Gasteiger partial charge in [0.2, 0.25) is 11.8 Å². The highest BCUT2D eigenvalue weighted by Crippen LogP contribution is 2.18. The van der Waals surface area contributed by atoms with Crippen LogP contribution in [0, 0.1) is 5.92 Å². The van der Waals surface area contributed by atoms with E-state index in [9.17, 15) is 9.59 Å². The molecule has 144 valence electrons. The molecule has 3 rings (SSSR count). The summed E-state index contributed by atoms with van der Waals surface area (Å²) in [6, 6.07) is 0. The number of H-pyrrole nitrogens is 1. The van der Waals surface area contributed by atoms with Crippen LogP contribution in [-0.4, -0.2) is 84.3 Å². The summed E-state index contributed by atoms with van der Waals surface area (Å²) in [7, 11) is 0. The molecule has 2 amide bonds. The molecule has 3 heterocycles. The standard InChI is InChI=1S/C18H29N5O3/c24-17-3-2-16(18(25)19-5-4-15-12-20-21-13-15)14-23(17)7-1-6-22-8-10-26-11-9-22/h12-13,16H,1-11,14H2,(H,19,25)(H,20,21)/t16-/m0/s1. The molecular weight excluding hydrogens is 334 g/mol. The summed E-state index contributed by atoms with van der Waals surface area (Å²) in [4.78, 5) is 28.8. The lowest BCUT2D eigenvalue weighted by Gasteiger charge is -2.33. The number of ether oxygens (including phenoxy) is 1. The van der Waals surface area contributed by atoms with Crippen LogP contribution in [-0.2, 0) is 20.7 Å². The second-order valence-corrected chi connectivity index (χ2v) is 7.03. The van der Waals surface area contributed by atoms with Gasteiger partial charge in [-0.25, -0.2) is 0 Å². The third-order valence-electron chi connectivity index (χ3n) is 5.14. The zero-order chi connectivity index (χ0) is 18.2. The van der Waals surface area contributed by atoms with Gasteiger partial charge in [-0.15, -0.1) is 0 Å². The van der Waals surface area contributed by atoms with Crippen LogP contribution in [0.15, 0.2) is 12.4 Å². The number of carbonyl (C=O) groups excluding carboxylic acids is 2. The van der Waals surface area contributed by atoms with Crippen molar-refractivity contribution in [2.75, 3.05) is 52.5 Å². The van der Waals surface area contributed by atoms with Crippen molar-refractivity contribution in [3.63, 3.8) is 0 Å². The fourth-order valence-corrected chi connectivity index (χ4v) is 3.54. The SMILES string of the molecule is O=C(NCCc1cn[nH]c1)[C@H]1CCC(=O)N(CCCN2CCOCC2)C1. The Morgan fingerprint density at radius 2 is 2.19 bits per heavy atom. The average molecular weight is 363 g/mol. The topological polar surface area (TPSA) is 90.6 Å². The molecule has 2 N–H and O–H groups in total. The van der Waals surface area contributed by atoms with E-state index in [0.717, 1.165) is 57.8 Å². The number of nitrogens with one attached hydrogen (secondary N) is 2. The number of likely N-dealkylation sites (tertiary alicyclic amines) is 1. The molecule has 0 radical (unpaired) electrons. The minimum atomic E-state index is -0.0968. The maximum absolute atomic E-state index is 12.4. The summed E-state index contributed by atoms with van der Waals surface area (Å²) in [6.07, 6.45) is 6.43. The second kappa shape index (κ2) is 9.68. The Morgan fingerprint density at radius 1 is 1.35 bits per heavy atom. The predicted molar refractivity (Wildman–Crippen MR) is 96.5 cm³/mol. The smallest absolute Gasteiger partial charge is 0.224 e. The van der Waals surface area contributed by atoms with E-state index >= 15 is 0 Å². The molecule has 2 aliphatic rings.